The van der Waals surface area contributed by atoms with Crippen LogP contribution in [0.25, 0.3) is 0 Å². The van der Waals surface area contributed by atoms with Crippen molar-refractivity contribution in [2.45, 2.75) is 32.4 Å². The Morgan fingerprint density at radius 2 is 2.25 bits per heavy atom. The van der Waals surface area contributed by atoms with Crippen LogP contribution in [-0.4, -0.2) is 15.6 Å². The number of carbonyl (C=O) groups is 1. The summed E-state index contributed by atoms with van der Waals surface area (Å²) in [5.74, 6) is 0.749. The van der Waals surface area contributed by atoms with Gasteiger partial charge in [0.1, 0.15) is 11.9 Å². The topological polar surface area (TPSA) is 44.1 Å². The molecule has 2 aromatic rings. The summed E-state index contributed by atoms with van der Waals surface area (Å²) in [4.78, 5) is 12.2. The molecule has 0 amide bonds. The van der Waals surface area contributed by atoms with Crippen LogP contribution in [0.1, 0.15) is 48.3 Å². The van der Waals surface area contributed by atoms with Crippen LogP contribution >= 0.6 is 15.9 Å². The Kier molecular flexibility index (Phi) is 3.38. The molecule has 0 bridgehead atoms. The number of rotatable bonds is 2. The Hall–Kier alpha value is -1.62. The Morgan fingerprint density at radius 1 is 1.45 bits per heavy atom. The molecule has 1 aromatic heterocycles. The number of ether oxygens (including phenoxy) is 1. The van der Waals surface area contributed by atoms with Crippen LogP contribution in [0.2, 0.25) is 0 Å². The lowest BCUT2D eigenvalue weighted by Crippen LogP contribution is -2.20. The molecule has 0 saturated carbocycles. The second kappa shape index (κ2) is 5.05. The first-order valence-electron chi connectivity index (χ1n) is 6.58. The number of benzene rings is 1. The maximum absolute atomic E-state index is 12.2. The van der Waals surface area contributed by atoms with Crippen molar-refractivity contribution < 1.29 is 9.53 Å². The van der Waals surface area contributed by atoms with Crippen molar-refractivity contribution in [2.24, 2.45) is 0 Å². The first-order chi connectivity index (χ1) is 9.54. The highest BCUT2D eigenvalue weighted by Gasteiger charge is 2.28. The maximum atomic E-state index is 12.2. The number of fused-ring (bicyclic) bond motifs is 1. The lowest BCUT2D eigenvalue weighted by Gasteiger charge is -2.24. The van der Waals surface area contributed by atoms with Gasteiger partial charge in [-0.1, -0.05) is 15.9 Å². The van der Waals surface area contributed by atoms with Gasteiger partial charge in [0, 0.05) is 22.3 Å². The molecule has 3 rings (SSSR count). The highest BCUT2D eigenvalue weighted by Crippen LogP contribution is 2.36. The minimum atomic E-state index is -0.253. The molecule has 104 valence electrons. The lowest BCUT2D eigenvalue weighted by atomic mass is 9.98. The zero-order chi connectivity index (χ0) is 14.3. The highest BCUT2D eigenvalue weighted by molar-refractivity contribution is 9.10. The summed E-state index contributed by atoms with van der Waals surface area (Å²) in [6.07, 6.45) is 3.84. The normalized spacial score (nSPS) is 18.0. The third kappa shape index (κ3) is 2.38. The van der Waals surface area contributed by atoms with E-state index in [0.717, 1.165) is 10.0 Å². The molecule has 1 atom stereocenters. The predicted molar refractivity (Wildman–Crippen MR) is 79.1 cm³/mol. The molecule has 0 fully saturated rings. The number of Topliss-reactive ketones (excluding diaryl/α,β-unsaturated/α-hetero) is 1. The molecule has 0 spiro atoms. The van der Waals surface area contributed by atoms with Crippen LogP contribution in [0.5, 0.6) is 5.75 Å². The van der Waals surface area contributed by atoms with Gasteiger partial charge >= 0.3 is 0 Å². The molecule has 2 heterocycles. The quantitative estimate of drug-likeness (QED) is 0.835. The van der Waals surface area contributed by atoms with E-state index in [-0.39, 0.29) is 11.9 Å². The van der Waals surface area contributed by atoms with E-state index in [1.54, 1.807) is 12.3 Å². The summed E-state index contributed by atoms with van der Waals surface area (Å²) in [5.41, 5.74) is 1.60. The van der Waals surface area contributed by atoms with E-state index in [4.69, 9.17) is 4.74 Å². The number of ketones is 1. The molecule has 4 nitrogen and oxygen atoms in total. The fourth-order valence-corrected chi connectivity index (χ4v) is 2.62. The fraction of sp³-hybridized carbons (Fsp3) is 0.333. The van der Waals surface area contributed by atoms with Crippen LogP contribution < -0.4 is 4.74 Å². The van der Waals surface area contributed by atoms with E-state index < -0.39 is 0 Å². The van der Waals surface area contributed by atoms with E-state index in [1.807, 2.05) is 23.0 Å². The number of hydrogen-bond acceptors (Lipinski definition) is 3. The second-order valence-electron chi connectivity index (χ2n) is 5.22. The number of aromatic nitrogens is 2. The molecule has 0 saturated heterocycles. The van der Waals surface area contributed by atoms with Crippen molar-refractivity contribution in [1.82, 2.24) is 9.78 Å². The first kappa shape index (κ1) is 13.4. The minimum absolute atomic E-state index is 0.112. The number of carbonyl (C=O) groups excluding carboxylic acids is 1. The Bertz CT molecular complexity index is 664. The van der Waals surface area contributed by atoms with Gasteiger partial charge in [0.2, 0.25) is 0 Å². The Labute approximate surface area is 125 Å². The van der Waals surface area contributed by atoms with Crippen LogP contribution in [0.15, 0.2) is 35.1 Å². The third-order valence-electron chi connectivity index (χ3n) is 3.41. The van der Waals surface area contributed by atoms with Gasteiger partial charge in [0.05, 0.1) is 18.2 Å². The van der Waals surface area contributed by atoms with Crippen LogP contribution in [0.4, 0.5) is 0 Å². The van der Waals surface area contributed by atoms with E-state index in [1.165, 1.54) is 0 Å². The predicted octanol–water partition coefficient (Wildman–Crippen LogP) is 3.93. The van der Waals surface area contributed by atoms with E-state index >= 15 is 0 Å². The van der Waals surface area contributed by atoms with E-state index in [0.29, 0.717) is 23.8 Å². The average Bonchev–Trinajstić information content (AvgIpc) is 2.87. The summed E-state index contributed by atoms with van der Waals surface area (Å²) in [7, 11) is 0. The molecule has 0 aliphatic carbocycles. The summed E-state index contributed by atoms with van der Waals surface area (Å²) in [5, 5.41) is 4.31. The molecule has 5 heteroatoms. The number of nitrogens with zero attached hydrogens (tertiary/aromatic N) is 2. The van der Waals surface area contributed by atoms with Crippen molar-refractivity contribution in [3.05, 3.63) is 46.2 Å². The summed E-state index contributed by atoms with van der Waals surface area (Å²) in [6.45, 7) is 4.13. The second-order valence-corrected chi connectivity index (χ2v) is 6.14. The van der Waals surface area contributed by atoms with Gasteiger partial charge in [-0.05, 0) is 32.0 Å². The van der Waals surface area contributed by atoms with Crippen molar-refractivity contribution >= 4 is 21.7 Å². The molecular formula is C15H15BrN2O2. The molecule has 0 radical (unpaired) electrons. The minimum Gasteiger partial charge on any atom is -0.484 e. The molecular weight excluding hydrogens is 320 g/mol. The average molecular weight is 335 g/mol. The zero-order valence-electron chi connectivity index (χ0n) is 11.3. The Morgan fingerprint density at radius 3 is 2.95 bits per heavy atom. The van der Waals surface area contributed by atoms with Crippen molar-refractivity contribution in [3.63, 3.8) is 0 Å². The van der Waals surface area contributed by atoms with Crippen LogP contribution in [0, 0.1) is 0 Å². The molecule has 1 aromatic carbocycles. The molecule has 0 N–H and O–H groups in total. The first-order valence-corrected chi connectivity index (χ1v) is 7.37. The largest absolute Gasteiger partial charge is 0.484 e. The highest BCUT2D eigenvalue weighted by atomic mass is 79.9. The van der Waals surface area contributed by atoms with Gasteiger partial charge in [-0.2, -0.15) is 5.10 Å². The van der Waals surface area contributed by atoms with E-state index in [9.17, 15) is 4.79 Å². The summed E-state index contributed by atoms with van der Waals surface area (Å²) < 4.78 is 8.74. The summed E-state index contributed by atoms with van der Waals surface area (Å²) in [6, 6.07) is 5.79. The number of halogens is 1. The van der Waals surface area contributed by atoms with Gasteiger partial charge in [-0.25, -0.2) is 0 Å². The van der Waals surface area contributed by atoms with Crippen molar-refractivity contribution in [2.75, 3.05) is 0 Å². The van der Waals surface area contributed by atoms with Crippen LogP contribution in [-0.2, 0) is 0 Å². The van der Waals surface area contributed by atoms with Gasteiger partial charge < -0.3 is 4.74 Å². The smallest absolute Gasteiger partial charge is 0.170 e. The van der Waals surface area contributed by atoms with Gasteiger partial charge in [0.15, 0.2) is 5.78 Å². The zero-order valence-corrected chi connectivity index (χ0v) is 12.9. The lowest BCUT2D eigenvalue weighted by molar-refractivity contribution is 0.0850. The molecule has 1 unspecified atom stereocenters. The Balaban J connectivity index is 1.92. The monoisotopic (exact) mass is 334 g/mol. The SMILES string of the molecule is CC(C)n1cc(C2CC(=O)c3ccc(Br)cc3O2)cn1. The van der Waals surface area contributed by atoms with Gasteiger partial charge in [0.25, 0.3) is 0 Å². The maximum Gasteiger partial charge on any atom is 0.170 e. The molecule has 1 aliphatic rings. The molecule has 1 aliphatic heterocycles. The molecule has 20 heavy (non-hydrogen) atoms. The van der Waals surface area contributed by atoms with Crippen molar-refractivity contribution in [1.29, 1.82) is 0 Å². The van der Waals surface area contributed by atoms with Crippen molar-refractivity contribution in [3.8, 4) is 5.75 Å². The fourth-order valence-electron chi connectivity index (χ4n) is 2.28. The number of hydrogen-bond donors (Lipinski definition) is 0. The van der Waals surface area contributed by atoms with Crippen LogP contribution in [0.3, 0.4) is 0 Å². The third-order valence-corrected chi connectivity index (χ3v) is 3.90. The van der Waals surface area contributed by atoms with Gasteiger partial charge in [-0.15, -0.1) is 0 Å². The standard InChI is InChI=1S/C15H15BrN2O2/c1-9(2)18-8-10(7-17-18)14-6-13(19)12-4-3-11(16)5-15(12)20-14/h3-5,7-9,14H,6H2,1-2H3. The van der Waals surface area contributed by atoms with Gasteiger partial charge in [-0.3, -0.25) is 9.48 Å². The summed E-state index contributed by atoms with van der Waals surface area (Å²) >= 11 is 3.40. The van der Waals surface area contributed by atoms with E-state index in [2.05, 4.69) is 34.9 Å².